The second kappa shape index (κ2) is 22.5. The highest BCUT2D eigenvalue weighted by Gasteiger charge is 2.01. The van der Waals surface area contributed by atoms with E-state index < -0.39 is 0 Å². The first kappa shape index (κ1) is 31.7. The summed E-state index contributed by atoms with van der Waals surface area (Å²) in [6.07, 6.45) is 28.7. The van der Waals surface area contributed by atoms with E-state index in [0.717, 1.165) is 12.8 Å². The average molecular weight is 511 g/mol. The monoisotopic (exact) mass is 510 g/mol. The maximum Gasteiger partial charge on any atom is 0.0281 e. The van der Waals surface area contributed by atoms with Crippen molar-refractivity contribution in [2.45, 2.75) is 129 Å². The van der Waals surface area contributed by atoms with Gasteiger partial charge in [-0.3, -0.25) is 0 Å². The van der Waals surface area contributed by atoms with E-state index in [9.17, 15) is 0 Å². The molecule has 0 atom stereocenters. The summed E-state index contributed by atoms with van der Waals surface area (Å²) in [6, 6.07) is 21.4. The van der Waals surface area contributed by atoms with Gasteiger partial charge in [-0.1, -0.05) is 188 Å². The lowest BCUT2D eigenvalue weighted by atomic mass is 10.00. The zero-order chi connectivity index (χ0) is 26.9. The third-order valence-corrected chi connectivity index (χ3v) is 7.31. The second-order valence-electron chi connectivity index (χ2n) is 10.7. The Morgan fingerprint density at radius 1 is 0.447 bits per heavy atom. The first-order valence-electron chi connectivity index (χ1n) is 15.9. The van der Waals surface area contributed by atoms with Crippen LogP contribution in [0, 0.1) is 11.8 Å². The summed E-state index contributed by atoms with van der Waals surface area (Å²) in [5, 5.41) is 0. The fourth-order valence-corrected chi connectivity index (χ4v) is 4.90. The Hall–Kier alpha value is -2.52. The SMILES string of the molecule is CCCCCCCCCC/C=C(/C#C/C(=C/CCCCCCCCCC)c1ccccc1)c1ccccc1. The molecule has 0 aliphatic carbocycles. The Morgan fingerprint density at radius 3 is 1.11 bits per heavy atom. The minimum atomic E-state index is 1.11. The number of benzene rings is 2. The highest BCUT2D eigenvalue weighted by molar-refractivity contribution is 5.86. The lowest BCUT2D eigenvalue weighted by Crippen LogP contribution is -1.86. The lowest BCUT2D eigenvalue weighted by Gasteiger charge is -2.04. The Morgan fingerprint density at radius 2 is 0.763 bits per heavy atom. The minimum Gasteiger partial charge on any atom is -0.0682 e. The van der Waals surface area contributed by atoms with Crippen LogP contribution >= 0.6 is 0 Å². The predicted octanol–water partition coefficient (Wildman–Crippen LogP) is 12.2. The normalized spacial score (nSPS) is 11.8. The van der Waals surface area contributed by atoms with Crippen LogP contribution in [0.2, 0.25) is 0 Å². The van der Waals surface area contributed by atoms with Crippen LogP contribution in [0.3, 0.4) is 0 Å². The summed E-state index contributed by atoms with van der Waals surface area (Å²) in [4.78, 5) is 0. The molecule has 0 spiro atoms. The second-order valence-corrected chi connectivity index (χ2v) is 10.7. The van der Waals surface area contributed by atoms with Crippen LogP contribution < -0.4 is 0 Å². The van der Waals surface area contributed by atoms with Crippen molar-refractivity contribution >= 4 is 11.1 Å². The fraction of sp³-hybridized carbons (Fsp3) is 0.526. The molecule has 2 rings (SSSR count). The van der Waals surface area contributed by atoms with E-state index >= 15 is 0 Å². The Bertz CT molecular complexity index is 858. The van der Waals surface area contributed by atoms with Gasteiger partial charge in [0.25, 0.3) is 0 Å². The van der Waals surface area contributed by atoms with Gasteiger partial charge < -0.3 is 0 Å². The van der Waals surface area contributed by atoms with Gasteiger partial charge in [-0.25, -0.2) is 0 Å². The molecule has 2 aromatic rings. The van der Waals surface area contributed by atoms with Gasteiger partial charge >= 0.3 is 0 Å². The third-order valence-electron chi connectivity index (χ3n) is 7.31. The summed E-state index contributed by atoms with van der Waals surface area (Å²) in [7, 11) is 0. The van der Waals surface area contributed by atoms with Crippen molar-refractivity contribution in [3.05, 3.63) is 83.9 Å². The molecule has 38 heavy (non-hydrogen) atoms. The topological polar surface area (TPSA) is 0 Å². The van der Waals surface area contributed by atoms with E-state index in [0.29, 0.717) is 0 Å². The van der Waals surface area contributed by atoms with E-state index in [2.05, 4.69) is 98.5 Å². The van der Waals surface area contributed by atoms with Crippen molar-refractivity contribution in [2.75, 3.05) is 0 Å². The van der Waals surface area contributed by atoms with Gasteiger partial charge in [0.15, 0.2) is 0 Å². The molecule has 2 aromatic carbocycles. The zero-order valence-corrected chi connectivity index (χ0v) is 24.7. The summed E-state index contributed by atoms with van der Waals surface area (Å²) < 4.78 is 0. The van der Waals surface area contributed by atoms with E-state index in [1.54, 1.807) is 0 Å². The molecule has 0 radical (unpaired) electrons. The summed E-state index contributed by atoms with van der Waals surface area (Å²) in [5.41, 5.74) is 4.80. The molecule has 0 unspecified atom stereocenters. The molecule has 0 saturated heterocycles. The quantitative estimate of drug-likeness (QED) is 0.123. The van der Waals surface area contributed by atoms with Gasteiger partial charge in [-0.2, -0.15) is 0 Å². The zero-order valence-electron chi connectivity index (χ0n) is 24.7. The van der Waals surface area contributed by atoms with Crippen molar-refractivity contribution in [3.8, 4) is 11.8 Å². The molecule has 0 heterocycles. The molecule has 0 heteroatoms. The van der Waals surface area contributed by atoms with Crippen molar-refractivity contribution in [1.29, 1.82) is 0 Å². The smallest absolute Gasteiger partial charge is 0.0281 e. The molecule has 0 amide bonds. The molecule has 0 bridgehead atoms. The van der Waals surface area contributed by atoms with Gasteiger partial charge in [-0.05, 0) is 36.8 Å². The standard InChI is InChI=1S/C38H54/c1-3-5-7-9-11-13-15-17-21-31-37(35-27-23-19-24-28-35)33-34-38(36-29-25-20-26-30-36)32-22-18-16-14-12-10-8-6-4-2/h19-20,23-32H,3-18,21-22H2,1-2H3/b37-31-,38-32-. The van der Waals surface area contributed by atoms with Crippen LogP contribution in [0.5, 0.6) is 0 Å². The Kier molecular flexibility index (Phi) is 18.7. The number of hydrogen-bond donors (Lipinski definition) is 0. The molecule has 0 saturated carbocycles. The van der Waals surface area contributed by atoms with Crippen molar-refractivity contribution < 1.29 is 0 Å². The van der Waals surface area contributed by atoms with E-state index in [4.69, 9.17) is 0 Å². The number of unbranched alkanes of at least 4 members (excludes halogenated alkanes) is 16. The maximum atomic E-state index is 3.58. The number of allylic oxidation sites excluding steroid dienone is 4. The highest BCUT2D eigenvalue weighted by atomic mass is 14.1. The molecule has 0 aliphatic heterocycles. The molecule has 206 valence electrons. The van der Waals surface area contributed by atoms with Crippen LogP contribution in [-0.4, -0.2) is 0 Å². The average Bonchev–Trinajstić information content (AvgIpc) is 2.96. The summed E-state index contributed by atoms with van der Waals surface area (Å²) in [5.74, 6) is 7.17. The molecular formula is C38H54. The van der Waals surface area contributed by atoms with Gasteiger partial charge in [0.1, 0.15) is 0 Å². The van der Waals surface area contributed by atoms with Crippen LogP contribution in [0.1, 0.15) is 141 Å². The van der Waals surface area contributed by atoms with Crippen molar-refractivity contribution in [1.82, 2.24) is 0 Å². The van der Waals surface area contributed by atoms with Crippen LogP contribution in [0.4, 0.5) is 0 Å². The molecule has 0 aliphatic rings. The largest absolute Gasteiger partial charge is 0.0682 e. The van der Waals surface area contributed by atoms with Gasteiger partial charge in [0.05, 0.1) is 0 Å². The van der Waals surface area contributed by atoms with Crippen LogP contribution in [0.15, 0.2) is 72.8 Å². The van der Waals surface area contributed by atoms with Crippen molar-refractivity contribution in [2.24, 2.45) is 0 Å². The minimum absolute atomic E-state index is 1.11. The van der Waals surface area contributed by atoms with Gasteiger partial charge in [0.2, 0.25) is 0 Å². The first-order chi connectivity index (χ1) is 18.8. The molecular weight excluding hydrogens is 456 g/mol. The number of hydrogen-bond acceptors (Lipinski definition) is 0. The fourth-order valence-electron chi connectivity index (χ4n) is 4.90. The molecule has 0 nitrogen and oxygen atoms in total. The lowest BCUT2D eigenvalue weighted by molar-refractivity contribution is 0.578. The number of rotatable bonds is 20. The van der Waals surface area contributed by atoms with E-state index in [1.165, 1.54) is 125 Å². The van der Waals surface area contributed by atoms with E-state index in [1.807, 2.05) is 0 Å². The van der Waals surface area contributed by atoms with Gasteiger partial charge in [-0.15, -0.1) is 0 Å². The Balaban J connectivity index is 1.98. The highest BCUT2D eigenvalue weighted by Crippen LogP contribution is 2.20. The Labute approximate surface area is 236 Å². The summed E-state index contributed by atoms with van der Waals surface area (Å²) >= 11 is 0. The third kappa shape index (κ3) is 15.0. The maximum absolute atomic E-state index is 3.58. The summed E-state index contributed by atoms with van der Waals surface area (Å²) in [6.45, 7) is 4.57. The van der Waals surface area contributed by atoms with Gasteiger partial charge in [0, 0.05) is 11.1 Å². The molecule has 0 fully saturated rings. The van der Waals surface area contributed by atoms with Crippen molar-refractivity contribution in [3.63, 3.8) is 0 Å². The van der Waals surface area contributed by atoms with Crippen LogP contribution in [0.25, 0.3) is 11.1 Å². The van der Waals surface area contributed by atoms with Crippen LogP contribution in [-0.2, 0) is 0 Å². The molecule has 0 aromatic heterocycles. The van der Waals surface area contributed by atoms with E-state index in [-0.39, 0.29) is 0 Å². The predicted molar refractivity (Wildman–Crippen MR) is 171 cm³/mol. The first-order valence-corrected chi connectivity index (χ1v) is 15.9. The molecule has 0 N–H and O–H groups in total.